The highest BCUT2D eigenvalue weighted by Gasteiger charge is 2.37. The molecule has 3 aromatic rings. The molecular formula is C20H16ClF3N2O2S. The number of aromatic nitrogens is 1. The van der Waals surface area contributed by atoms with Crippen LogP contribution >= 0.6 is 11.6 Å². The summed E-state index contributed by atoms with van der Waals surface area (Å²) in [5, 5.41) is 0.428. The first kappa shape index (κ1) is 21.3. The number of nitrogens with zero attached hydrogens (tertiary/aromatic N) is 1. The van der Waals surface area contributed by atoms with E-state index in [1.54, 1.807) is 43.5 Å². The molecule has 1 aromatic heterocycles. The van der Waals surface area contributed by atoms with Crippen molar-refractivity contribution in [3.05, 3.63) is 83.1 Å². The van der Waals surface area contributed by atoms with Crippen LogP contribution in [0.3, 0.4) is 0 Å². The fraction of sp³-hybridized carbons (Fsp3) is 0.150. The Bertz CT molecular complexity index is 1130. The SMILES string of the molecule is CC(NS(=O)(=O)c1ccccc1C(F)(F)F)c1cccc(-c2ccncc2Cl)c1. The first-order valence-corrected chi connectivity index (χ1v) is 10.3. The molecule has 0 aliphatic carbocycles. The molecule has 0 saturated heterocycles. The van der Waals surface area contributed by atoms with Gasteiger partial charge in [0, 0.05) is 24.0 Å². The van der Waals surface area contributed by atoms with Crippen LogP contribution in [-0.4, -0.2) is 13.4 Å². The van der Waals surface area contributed by atoms with E-state index in [0.29, 0.717) is 16.1 Å². The Hall–Kier alpha value is -2.42. The highest BCUT2D eigenvalue weighted by atomic mass is 35.5. The van der Waals surface area contributed by atoms with Gasteiger partial charge in [-0.2, -0.15) is 13.2 Å². The summed E-state index contributed by atoms with van der Waals surface area (Å²) in [7, 11) is -4.41. The predicted molar refractivity (Wildman–Crippen MR) is 105 cm³/mol. The van der Waals surface area contributed by atoms with Gasteiger partial charge in [0.25, 0.3) is 0 Å². The molecule has 4 nitrogen and oxygen atoms in total. The van der Waals surface area contributed by atoms with E-state index in [1.165, 1.54) is 12.3 Å². The number of halogens is 4. The van der Waals surface area contributed by atoms with Crippen LogP contribution in [0.4, 0.5) is 13.2 Å². The van der Waals surface area contributed by atoms with Gasteiger partial charge in [0.05, 0.1) is 15.5 Å². The van der Waals surface area contributed by atoms with Crippen LogP contribution in [0.25, 0.3) is 11.1 Å². The molecule has 1 unspecified atom stereocenters. The number of hydrogen-bond donors (Lipinski definition) is 1. The van der Waals surface area contributed by atoms with Crippen molar-refractivity contribution in [3.63, 3.8) is 0 Å². The van der Waals surface area contributed by atoms with E-state index in [0.717, 1.165) is 23.8 Å². The molecule has 29 heavy (non-hydrogen) atoms. The van der Waals surface area contributed by atoms with Crippen molar-refractivity contribution in [1.82, 2.24) is 9.71 Å². The molecule has 0 aliphatic heterocycles. The predicted octanol–water partition coefficient (Wildman–Crippen LogP) is 5.46. The van der Waals surface area contributed by atoms with Gasteiger partial charge in [-0.15, -0.1) is 0 Å². The molecule has 0 bridgehead atoms. The quantitative estimate of drug-likeness (QED) is 0.573. The minimum Gasteiger partial charge on any atom is -0.263 e. The van der Waals surface area contributed by atoms with E-state index in [2.05, 4.69) is 9.71 Å². The van der Waals surface area contributed by atoms with Crippen molar-refractivity contribution < 1.29 is 21.6 Å². The van der Waals surface area contributed by atoms with Crippen molar-refractivity contribution in [3.8, 4) is 11.1 Å². The number of benzene rings is 2. The lowest BCUT2D eigenvalue weighted by molar-refractivity contribution is -0.139. The minimum atomic E-state index is -4.79. The van der Waals surface area contributed by atoms with Gasteiger partial charge >= 0.3 is 6.18 Å². The third-order valence-electron chi connectivity index (χ3n) is 4.28. The number of alkyl halides is 3. The van der Waals surface area contributed by atoms with Crippen LogP contribution in [0.2, 0.25) is 5.02 Å². The van der Waals surface area contributed by atoms with Gasteiger partial charge in [-0.25, -0.2) is 13.1 Å². The fourth-order valence-corrected chi connectivity index (χ4v) is 4.57. The minimum absolute atomic E-state index is 0.428. The molecule has 152 valence electrons. The largest absolute Gasteiger partial charge is 0.417 e. The highest BCUT2D eigenvalue weighted by Crippen LogP contribution is 2.34. The van der Waals surface area contributed by atoms with Gasteiger partial charge in [0.15, 0.2) is 0 Å². The molecule has 9 heteroatoms. The summed E-state index contributed by atoms with van der Waals surface area (Å²) >= 11 is 6.16. The summed E-state index contributed by atoms with van der Waals surface area (Å²) in [5.74, 6) is 0. The Morgan fingerprint density at radius 1 is 1.07 bits per heavy atom. The zero-order chi connectivity index (χ0) is 21.2. The molecule has 1 atom stereocenters. The summed E-state index contributed by atoms with van der Waals surface area (Å²) in [6.45, 7) is 1.56. The second-order valence-corrected chi connectivity index (χ2v) is 8.41. The van der Waals surface area contributed by atoms with Gasteiger partial charge in [-0.1, -0.05) is 41.9 Å². The van der Waals surface area contributed by atoms with Gasteiger partial charge in [0.1, 0.15) is 0 Å². The van der Waals surface area contributed by atoms with Gasteiger partial charge in [-0.05, 0) is 42.3 Å². The van der Waals surface area contributed by atoms with E-state index in [-0.39, 0.29) is 0 Å². The molecule has 0 saturated carbocycles. The van der Waals surface area contributed by atoms with Crippen molar-refractivity contribution >= 4 is 21.6 Å². The number of hydrogen-bond acceptors (Lipinski definition) is 3. The molecular weight excluding hydrogens is 425 g/mol. The molecule has 0 aliphatic rings. The Kier molecular flexibility index (Phi) is 5.97. The lowest BCUT2D eigenvalue weighted by Gasteiger charge is -2.18. The maximum Gasteiger partial charge on any atom is 0.417 e. The molecule has 1 N–H and O–H groups in total. The van der Waals surface area contributed by atoms with Crippen molar-refractivity contribution in [1.29, 1.82) is 0 Å². The summed E-state index contributed by atoms with van der Waals surface area (Å²) in [6.07, 6.45) is -1.72. The highest BCUT2D eigenvalue weighted by molar-refractivity contribution is 7.89. The van der Waals surface area contributed by atoms with Crippen LogP contribution in [0, 0.1) is 0 Å². The molecule has 2 aromatic carbocycles. The average Bonchev–Trinajstić information content (AvgIpc) is 2.67. The number of pyridine rings is 1. The Morgan fingerprint density at radius 3 is 2.48 bits per heavy atom. The average molecular weight is 441 g/mol. The van der Waals surface area contributed by atoms with Crippen LogP contribution < -0.4 is 4.72 Å². The van der Waals surface area contributed by atoms with E-state index < -0.39 is 32.7 Å². The number of rotatable bonds is 5. The number of nitrogens with one attached hydrogen (secondary N) is 1. The van der Waals surface area contributed by atoms with Gasteiger partial charge in [0.2, 0.25) is 10.0 Å². The zero-order valence-corrected chi connectivity index (χ0v) is 16.7. The fourth-order valence-electron chi connectivity index (χ4n) is 2.88. The standard InChI is InChI=1S/C20H16ClF3N2O2S/c1-13(14-5-4-6-15(11-14)16-9-10-25-12-18(16)21)26-29(27,28)19-8-3-2-7-17(19)20(22,23)24/h2-13,26H,1H3. The summed E-state index contributed by atoms with van der Waals surface area (Å²) < 4.78 is 67.2. The molecule has 0 fully saturated rings. The molecule has 1 heterocycles. The smallest absolute Gasteiger partial charge is 0.263 e. The third-order valence-corrected chi connectivity index (χ3v) is 6.18. The number of sulfonamides is 1. The lowest BCUT2D eigenvalue weighted by atomic mass is 10.0. The second kappa shape index (κ2) is 8.14. The zero-order valence-electron chi connectivity index (χ0n) is 15.1. The summed E-state index contributed by atoms with van der Waals surface area (Å²) in [4.78, 5) is 3.11. The van der Waals surface area contributed by atoms with Gasteiger partial charge in [-0.3, -0.25) is 4.98 Å². The molecule has 3 rings (SSSR count). The van der Waals surface area contributed by atoms with E-state index in [9.17, 15) is 21.6 Å². The normalized spacial score (nSPS) is 13.3. The lowest BCUT2D eigenvalue weighted by Crippen LogP contribution is -2.29. The summed E-state index contributed by atoms with van der Waals surface area (Å²) in [5.41, 5.74) is 0.804. The first-order valence-electron chi connectivity index (χ1n) is 8.48. The monoisotopic (exact) mass is 440 g/mol. The third kappa shape index (κ3) is 4.77. The van der Waals surface area contributed by atoms with Crippen LogP contribution in [0.1, 0.15) is 24.1 Å². The molecule has 0 amide bonds. The Morgan fingerprint density at radius 2 is 1.79 bits per heavy atom. The van der Waals surface area contributed by atoms with Crippen molar-refractivity contribution in [2.24, 2.45) is 0 Å². The van der Waals surface area contributed by atoms with Crippen molar-refractivity contribution in [2.75, 3.05) is 0 Å². The van der Waals surface area contributed by atoms with Crippen LogP contribution in [-0.2, 0) is 16.2 Å². The topological polar surface area (TPSA) is 59.1 Å². The Balaban J connectivity index is 1.93. The Labute approximate surface area is 171 Å². The van der Waals surface area contributed by atoms with Gasteiger partial charge < -0.3 is 0 Å². The molecule has 0 spiro atoms. The maximum atomic E-state index is 13.2. The van der Waals surface area contributed by atoms with Crippen LogP contribution in [0.15, 0.2) is 71.9 Å². The van der Waals surface area contributed by atoms with E-state index >= 15 is 0 Å². The van der Waals surface area contributed by atoms with Crippen molar-refractivity contribution in [2.45, 2.75) is 24.0 Å². The molecule has 0 radical (unpaired) electrons. The first-order chi connectivity index (χ1) is 13.6. The van der Waals surface area contributed by atoms with E-state index in [1.807, 2.05) is 0 Å². The van der Waals surface area contributed by atoms with Crippen LogP contribution in [0.5, 0.6) is 0 Å². The van der Waals surface area contributed by atoms with E-state index in [4.69, 9.17) is 11.6 Å². The summed E-state index contributed by atoms with van der Waals surface area (Å²) in [6, 6.07) is 11.9. The maximum absolute atomic E-state index is 13.2. The second-order valence-electron chi connectivity index (χ2n) is 6.32.